The van der Waals surface area contributed by atoms with Gasteiger partial charge in [0.05, 0.1) is 0 Å². The smallest absolute Gasteiger partial charge is 0.166 e. The third kappa shape index (κ3) is 2.90. The molecule has 0 saturated heterocycles. The fourth-order valence-electron chi connectivity index (χ4n) is 2.43. The van der Waals surface area contributed by atoms with Gasteiger partial charge in [-0.15, -0.1) is 0 Å². The van der Waals surface area contributed by atoms with E-state index in [-0.39, 0.29) is 11.7 Å². The molecule has 0 radical (unpaired) electrons. The van der Waals surface area contributed by atoms with Crippen molar-refractivity contribution in [3.8, 4) is 0 Å². The quantitative estimate of drug-likeness (QED) is 0.559. The predicted octanol–water partition coefficient (Wildman–Crippen LogP) is 4.12. The van der Waals surface area contributed by atoms with Crippen LogP contribution in [0.25, 0.3) is 0 Å². The third-order valence-electron chi connectivity index (χ3n) is 3.43. The molecule has 1 nitrogen and oxygen atoms in total. The highest BCUT2D eigenvalue weighted by atomic mass is 19.2. The van der Waals surface area contributed by atoms with E-state index in [1.807, 2.05) is 0 Å². The monoisotopic (exact) mass is 238 g/mol. The molecule has 0 N–H and O–H groups in total. The fraction of sp³-hybridized carbons (Fsp3) is 0.500. The first-order valence-electron chi connectivity index (χ1n) is 6.18. The van der Waals surface area contributed by atoms with Crippen LogP contribution in [0.5, 0.6) is 0 Å². The summed E-state index contributed by atoms with van der Waals surface area (Å²) in [6.07, 6.45) is 6.19. The fourth-order valence-corrected chi connectivity index (χ4v) is 2.43. The molecule has 1 aromatic carbocycles. The van der Waals surface area contributed by atoms with Gasteiger partial charge in [0.1, 0.15) is 0 Å². The van der Waals surface area contributed by atoms with Crippen LogP contribution in [0, 0.1) is 17.6 Å². The second-order valence-electron chi connectivity index (χ2n) is 4.68. The van der Waals surface area contributed by atoms with Crippen molar-refractivity contribution in [1.29, 1.82) is 0 Å². The normalized spacial score (nSPS) is 17.8. The van der Waals surface area contributed by atoms with E-state index >= 15 is 0 Å². The average Bonchev–Trinajstić information content (AvgIpc) is 2.60. The molecular weight excluding hydrogens is 222 g/mol. The minimum absolute atomic E-state index is 0.0117. The van der Waals surface area contributed by atoms with Crippen molar-refractivity contribution in [2.24, 2.45) is 5.92 Å². The lowest BCUT2D eigenvalue weighted by molar-refractivity contribution is 0.0907. The first-order chi connectivity index (χ1) is 8.18. The summed E-state index contributed by atoms with van der Waals surface area (Å²) in [5, 5.41) is 0. The molecule has 0 amide bonds. The van der Waals surface area contributed by atoms with E-state index in [4.69, 9.17) is 0 Å². The van der Waals surface area contributed by atoms with Gasteiger partial charge < -0.3 is 0 Å². The van der Waals surface area contributed by atoms with Crippen LogP contribution in [0.2, 0.25) is 0 Å². The Balaban J connectivity index is 2.14. The lowest BCUT2D eigenvalue weighted by Crippen LogP contribution is -2.14. The minimum atomic E-state index is -0.940. The summed E-state index contributed by atoms with van der Waals surface area (Å²) in [5.74, 6) is -1.89. The predicted molar refractivity (Wildman–Crippen MR) is 61.9 cm³/mol. The highest BCUT2D eigenvalue weighted by molar-refractivity contribution is 5.97. The number of rotatable bonds is 2. The van der Waals surface area contributed by atoms with Crippen molar-refractivity contribution >= 4 is 5.78 Å². The maximum absolute atomic E-state index is 13.1. The zero-order valence-electron chi connectivity index (χ0n) is 9.72. The van der Waals surface area contributed by atoms with Gasteiger partial charge in [-0.3, -0.25) is 4.79 Å². The highest BCUT2D eigenvalue weighted by Gasteiger charge is 2.22. The molecule has 92 valence electrons. The van der Waals surface area contributed by atoms with E-state index in [1.54, 1.807) is 0 Å². The van der Waals surface area contributed by atoms with E-state index in [1.165, 1.54) is 18.9 Å². The van der Waals surface area contributed by atoms with Crippen molar-refractivity contribution in [2.75, 3.05) is 0 Å². The molecule has 0 atom stereocenters. The van der Waals surface area contributed by atoms with Crippen molar-refractivity contribution in [3.05, 3.63) is 35.4 Å². The molecule has 0 aromatic heterocycles. The summed E-state index contributed by atoms with van der Waals surface area (Å²) in [6, 6.07) is 3.42. The molecule has 1 aromatic rings. The molecule has 0 heterocycles. The van der Waals surface area contributed by atoms with Crippen molar-refractivity contribution in [3.63, 3.8) is 0 Å². The van der Waals surface area contributed by atoms with Gasteiger partial charge in [-0.1, -0.05) is 25.7 Å². The zero-order chi connectivity index (χ0) is 12.3. The first kappa shape index (κ1) is 12.2. The number of benzene rings is 1. The maximum Gasteiger partial charge on any atom is 0.166 e. The number of Topliss-reactive ketones (excluding diaryl/α,β-unsaturated/α-hetero) is 1. The van der Waals surface area contributed by atoms with E-state index in [9.17, 15) is 13.6 Å². The van der Waals surface area contributed by atoms with Gasteiger partial charge in [0.2, 0.25) is 0 Å². The highest BCUT2D eigenvalue weighted by Crippen LogP contribution is 2.26. The molecule has 1 aliphatic rings. The second kappa shape index (κ2) is 5.39. The summed E-state index contributed by atoms with van der Waals surface area (Å²) in [4.78, 5) is 12.1. The Morgan fingerprint density at radius 3 is 2.24 bits per heavy atom. The Labute approximate surface area is 99.8 Å². The lowest BCUT2D eigenvalue weighted by atomic mass is 9.91. The van der Waals surface area contributed by atoms with Gasteiger partial charge in [0, 0.05) is 11.5 Å². The standard InChI is InChI=1S/C14H16F2O/c15-12-8-7-11(9-13(12)16)14(17)10-5-3-1-2-4-6-10/h7-10H,1-6H2. The molecule has 2 rings (SSSR count). The van der Waals surface area contributed by atoms with Gasteiger partial charge in [0.15, 0.2) is 17.4 Å². The molecule has 0 spiro atoms. The van der Waals surface area contributed by atoms with Crippen molar-refractivity contribution < 1.29 is 13.6 Å². The summed E-state index contributed by atoms with van der Waals surface area (Å²) in [6.45, 7) is 0. The number of halogens is 2. The molecular formula is C14H16F2O. The molecule has 0 unspecified atom stereocenters. The Kier molecular flexibility index (Phi) is 3.87. The maximum atomic E-state index is 13.1. The second-order valence-corrected chi connectivity index (χ2v) is 4.68. The van der Waals surface area contributed by atoms with Crippen LogP contribution in [-0.4, -0.2) is 5.78 Å². The number of carbonyl (C=O) groups excluding carboxylic acids is 1. The molecule has 0 aliphatic heterocycles. The van der Waals surface area contributed by atoms with Gasteiger partial charge in [-0.2, -0.15) is 0 Å². The number of ketones is 1. The number of hydrogen-bond acceptors (Lipinski definition) is 1. The average molecular weight is 238 g/mol. The lowest BCUT2D eigenvalue weighted by Gasteiger charge is -2.12. The number of hydrogen-bond donors (Lipinski definition) is 0. The zero-order valence-corrected chi connectivity index (χ0v) is 9.72. The molecule has 1 fully saturated rings. The van der Waals surface area contributed by atoms with Crippen LogP contribution in [0.1, 0.15) is 48.9 Å². The first-order valence-corrected chi connectivity index (χ1v) is 6.18. The largest absolute Gasteiger partial charge is 0.294 e. The summed E-state index contributed by atoms with van der Waals surface area (Å²) in [7, 11) is 0. The Bertz CT molecular complexity index is 407. The molecule has 1 saturated carbocycles. The van der Waals surface area contributed by atoms with Crippen molar-refractivity contribution in [2.45, 2.75) is 38.5 Å². The van der Waals surface area contributed by atoms with Gasteiger partial charge in [0.25, 0.3) is 0 Å². The molecule has 17 heavy (non-hydrogen) atoms. The van der Waals surface area contributed by atoms with Crippen LogP contribution in [0.4, 0.5) is 8.78 Å². The van der Waals surface area contributed by atoms with E-state index in [0.29, 0.717) is 5.56 Å². The van der Waals surface area contributed by atoms with Crippen LogP contribution in [-0.2, 0) is 0 Å². The van der Waals surface area contributed by atoms with E-state index in [0.717, 1.165) is 37.8 Å². The summed E-state index contributed by atoms with van der Waals surface area (Å²) in [5.41, 5.74) is 0.302. The molecule has 0 bridgehead atoms. The Hall–Kier alpha value is -1.25. The van der Waals surface area contributed by atoms with E-state index in [2.05, 4.69) is 0 Å². The van der Waals surface area contributed by atoms with Gasteiger partial charge >= 0.3 is 0 Å². The SMILES string of the molecule is O=C(c1ccc(F)c(F)c1)C1CCCCCC1. The van der Waals surface area contributed by atoms with Gasteiger partial charge in [-0.05, 0) is 31.0 Å². The van der Waals surface area contributed by atoms with Gasteiger partial charge in [-0.25, -0.2) is 8.78 Å². The van der Waals surface area contributed by atoms with Crippen LogP contribution in [0.3, 0.4) is 0 Å². The van der Waals surface area contributed by atoms with Crippen molar-refractivity contribution in [1.82, 2.24) is 0 Å². The summed E-state index contributed by atoms with van der Waals surface area (Å²) >= 11 is 0. The Morgan fingerprint density at radius 2 is 1.65 bits per heavy atom. The van der Waals surface area contributed by atoms with Crippen LogP contribution in [0.15, 0.2) is 18.2 Å². The van der Waals surface area contributed by atoms with Crippen LogP contribution >= 0.6 is 0 Å². The minimum Gasteiger partial charge on any atom is -0.294 e. The summed E-state index contributed by atoms with van der Waals surface area (Å²) < 4.78 is 25.8. The molecule has 1 aliphatic carbocycles. The van der Waals surface area contributed by atoms with Crippen LogP contribution < -0.4 is 0 Å². The third-order valence-corrected chi connectivity index (χ3v) is 3.43. The molecule has 3 heteroatoms. The van der Waals surface area contributed by atoms with E-state index < -0.39 is 11.6 Å². The number of carbonyl (C=O) groups is 1. The topological polar surface area (TPSA) is 17.1 Å². The Morgan fingerprint density at radius 1 is 1.00 bits per heavy atom.